The molecule has 0 saturated carbocycles. The first-order chi connectivity index (χ1) is 8.17. The van der Waals surface area contributed by atoms with Gasteiger partial charge in [0.1, 0.15) is 0 Å². The number of halogens is 1. The molecule has 2 nitrogen and oxygen atoms in total. The van der Waals surface area contributed by atoms with Crippen molar-refractivity contribution in [3.63, 3.8) is 0 Å². The van der Waals surface area contributed by atoms with Crippen LogP contribution in [0.3, 0.4) is 0 Å². The Balaban J connectivity index is 2.78. The van der Waals surface area contributed by atoms with Crippen LogP contribution in [-0.2, 0) is 4.79 Å². The molecule has 1 aromatic carbocycles. The molecule has 1 N–H and O–H groups in total. The highest BCUT2D eigenvalue weighted by Crippen LogP contribution is 2.16. The number of rotatable bonds is 4. The van der Waals surface area contributed by atoms with Crippen molar-refractivity contribution in [3.8, 4) is 0 Å². The first-order valence-corrected chi connectivity index (χ1v) is 5.99. The lowest BCUT2D eigenvalue weighted by Crippen LogP contribution is -2.13. The fourth-order valence-corrected chi connectivity index (χ4v) is 1.64. The maximum atomic E-state index is 11.9. The minimum absolute atomic E-state index is 0.135. The summed E-state index contributed by atoms with van der Waals surface area (Å²) in [5.41, 5.74) is 1.36. The quantitative estimate of drug-likeness (QED) is 0.657. The summed E-state index contributed by atoms with van der Waals surface area (Å²) in [5, 5.41) is 2.82. The summed E-state index contributed by atoms with van der Waals surface area (Å²) in [4.78, 5) is 11.9. The van der Waals surface area contributed by atoms with E-state index in [1.54, 1.807) is 24.3 Å². The van der Waals surface area contributed by atoms with E-state index in [1.165, 1.54) is 0 Å². The van der Waals surface area contributed by atoms with Crippen molar-refractivity contribution in [2.24, 2.45) is 0 Å². The van der Waals surface area contributed by atoms with Crippen molar-refractivity contribution in [1.82, 2.24) is 0 Å². The Labute approximate surface area is 110 Å². The fraction of sp³-hybridized carbons (Fsp3) is 0.0714. The van der Waals surface area contributed by atoms with Gasteiger partial charge in [0.05, 0.1) is 0 Å². The Kier molecular flexibility index (Phi) is 5.43. The second-order valence-corrected chi connectivity index (χ2v) is 4.22. The minimum Gasteiger partial charge on any atom is -0.322 e. The number of hydrogen-bond donors (Lipinski definition) is 1. The molecule has 3 heteroatoms. The van der Waals surface area contributed by atoms with Crippen molar-refractivity contribution in [2.75, 3.05) is 5.32 Å². The highest BCUT2D eigenvalue weighted by atomic mass is 79.9. The van der Waals surface area contributed by atoms with Gasteiger partial charge in [0.15, 0.2) is 0 Å². The van der Waals surface area contributed by atoms with Crippen LogP contribution in [-0.4, -0.2) is 5.91 Å². The molecule has 1 amide bonds. The van der Waals surface area contributed by atoms with Crippen molar-refractivity contribution < 1.29 is 4.79 Å². The summed E-state index contributed by atoms with van der Waals surface area (Å²) in [7, 11) is 0. The van der Waals surface area contributed by atoms with Crippen LogP contribution in [0.2, 0.25) is 0 Å². The van der Waals surface area contributed by atoms with Gasteiger partial charge in [-0.1, -0.05) is 46.8 Å². The molecule has 0 spiro atoms. The van der Waals surface area contributed by atoms with E-state index in [-0.39, 0.29) is 5.91 Å². The lowest BCUT2D eigenvalue weighted by Gasteiger charge is -2.05. The van der Waals surface area contributed by atoms with E-state index >= 15 is 0 Å². The number of hydrogen-bond acceptors (Lipinski definition) is 1. The zero-order valence-corrected chi connectivity index (χ0v) is 11.2. The van der Waals surface area contributed by atoms with Crippen LogP contribution >= 0.6 is 15.9 Å². The highest BCUT2D eigenvalue weighted by Gasteiger charge is 2.05. The van der Waals surface area contributed by atoms with Gasteiger partial charge in [-0.05, 0) is 31.2 Å². The zero-order chi connectivity index (χ0) is 12.7. The summed E-state index contributed by atoms with van der Waals surface area (Å²) in [6.45, 7) is 5.39. The van der Waals surface area contributed by atoms with Gasteiger partial charge in [0.25, 0.3) is 5.91 Å². The molecule has 88 valence electrons. The molecule has 0 fully saturated rings. The maximum Gasteiger partial charge on any atom is 0.255 e. The van der Waals surface area contributed by atoms with E-state index in [9.17, 15) is 4.79 Å². The van der Waals surface area contributed by atoms with Crippen molar-refractivity contribution in [2.45, 2.75) is 6.92 Å². The van der Waals surface area contributed by atoms with Gasteiger partial charge in [-0.25, -0.2) is 0 Å². The zero-order valence-electron chi connectivity index (χ0n) is 9.61. The number of carbonyl (C=O) groups excluding carboxylic acids is 1. The van der Waals surface area contributed by atoms with E-state index in [2.05, 4.69) is 27.8 Å². The fourth-order valence-electron chi connectivity index (χ4n) is 1.24. The summed E-state index contributed by atoms with van der Waals surface area (Å²) in [6.07, 6.45) is 6.85. The van der Waals surface area contributed by atoms with Gasteiger partial charge in [0.2, 0.25) is 0 Å². The van der Waals surface area contributed by atoms with E-state index < -0.39 is 0 Å². The standard InChI is InChI=1S/C14H14BrNO/c1-3-5-7-11(4-2)14(17)16-13-9-6-8-12(15)10-13/h3-10H,1H2,2H3,(H,16,17)/b7-5-,11-4+. The molecule has 17 heavy (non-hydrogen) atoms. The third-order valence-corrected chi connectivity index (χ3v) is 2.56. The molecule has 0 aromatic heterocycles. The molecule has 0 aliphatic heterocycles. The summed E-state index contributed by atoms with van der Waals surface area (Å²) in [5.74, 6) is -0.135. The predicted octanol–water partition coefficient (Wildman–Crippen LogP) is 4.08. The molecule has 0 heterocycles. The molecular formula is C14H14BrNO. The number of benzene rings is 1. The van der Waals surface area contributed by atoms with Gasteiger partial charge in [-0.2, -0.15) is 0 Å². The summed E-state index contributed by atoms with van der Waals surface area (Å²) in [6, 6.07) is 7.47. The van der Waals surface area contributed by atoms with Gasteiger partial charge in [0, 0.05) is 15.7 Å². The van der Waals surface area contributed by atoms with Crippen LogP contribution in [0, 0.1) is 0 Å². The van der Waals surface area contributed by atoms with E-state index in [0.29, 0.717) is 5.57 Å². The molecule has 1 aromatic rings. The van der Waals surface area contributed by atoms with Crippen molar-refractivity contribution in [1.29, 1.82) is 0 Å². The van der Waals surface area contributed by atoms with Crippen LogP contribution in [0.4, 0.5) is 5.69 Å². The number of amides is 1. The van der Waals surface area contributed by atoms with Crippen LogP contribution in [0.15, 0.2) is 65.2 Å². The molecule has 0 aliphatic rings. The van der Waals surface area contributed by atoms with E-state index in [1.807, 2.05) is 31.2 Å². The SMILES string of the molecule is C=C/C=C\C(=C/C)C(=O)Nc1cccc(Br)c1. The minimum atomic E-state index is -0.135. The lowest BCUT2D eigenvalue weighted by atomic mass is 10.2. The summed E-state index contributed by atoms with van der Waals surface area (Å²) >= 11 is 3.35. The number of nitrogens with one attached hydrogen (secondary N) is 1. The average Bonchev–Trinajstić information content (AvgIpc) is 2.30. The predicted molar refractivity (Wildman–Crippen MR) is 75.9 cm³/mol. The van der Waals surface area contributed by atoms with E-state index in [4.69, 9.17) is 0 Å². The molecule has 0 radical (unpaired) electrons. The normalized spacial score (nSPS) is 11.5. The Morgan fingerprint density at radius 1 is 1.47 bits per heavy atom. The van der Waals surface area contributed by atoms with Gasteiger partial charge < -0.3 is 5.32 Å². The molecular weight excluding hydrogens is 278 g/mol. The molecule has 1 rings (SSSR count). The second-order valence-electron chi connectivity index (χ2n) is 3.30. The highest BCUT2D eigenvalue weighted by molar-refractivity contribution is 9.10. The smallest absolute Gasteiger partial charge is 0.255 e. The Hall–Kier alpha value is -1.61. The van der Waals surface area contributed by atoms with Crippen molar-refractivity contribution >= 4 is 27.5 Å². The third kappa shape index (κ3) is 4.41. The summed E-state index contributed by atoms with van der Waals surface area (Å²) < 4.78 is 0.930. The van der Waals surface area contributed by atoms with E-state index in [0.717, 1.165) is 10.2 Å². The lowest BCUT2D eigenvalue weighted by molar-refractivity contribution is -0.112. The van der Waals surface area contributed by atoms with Gasteiger partial charge in [-0.3, -0.25) is 4.79 Å². The molecule has 0 bridgehead atoms. The van der Waals surface area contributed by atoms with Crippen LogP contribution in [0.5, 0.6) is 0 Å². The average molecular weight is 292 g/mol. The molecule has 0 aliphatic carbocycles. The van der Waals surface area contributed by atoms with Gasteiger partial charge in [-0.15, -0.1) is 0 Å². The Morgan fingerprint density at radius 3 is 2.82 bits per heavy atom. The topological polar surface area (TPSA) is 29.1 Å². The van der Waals surface area contributed by atoms with Crippen molar-refractivity contribution in [3.05, 3.63) is 65.2 Å². The molecule has 0 unspecified atom stereocenters. The molecule has 0 saturated heterocycles. The van der Waals surface area contributed by atoms with Crippen LogP contribution < -0.4 is 5.32 Å². The van der Waals surface area contributed by atoms with Crippen LogP contribution in [0.1, 0.15) is 6.92 Å². The van der Waals surface area contributed by atoms with Crippen LogP contribution in [0.25, 0.3) is 0 Å². The number of allylic oxidation sites excluding steroid dienone is 3. The first kappa shape index (κ1) is 13.5. The van der Waals surface area contributed by atoms with Gasteiger partial charge >= 0.3 is 0 Å². The second kappa shape index (κ2) is 6.86. The number of carbonyl (C=O) groups is 1. The monoisotopic (exact) mass is 291 g/mol. The number of anilines is 1. The first-order valence-electron chi connectivity index (χ1n) is 5.19. The maximum absolute atomic E-state index is 11.9. The third-order valence-electron chi connectivity index (χ3n) is 2.07. The Bertz CT molecular complexity index is 475. The molecule has 0 atom stereocenters. The largest absolute Gasteiger partial charge is 0.322 e. The Morgan fingerprint density at radius 2 is 2.24 bits per heavy atom.